The van der Waals surface area contributed by atoms with Crippen molar-refractivity contribution in [1.82, 2.24) is 5.32 Å². The molecule has 0 saturated heterocycles. The summed E-state index contributed by atoms with van der Waals surface area (Å²) in [5.41, 5.74) is 1.35. The summed E-state index contributed by atoms with van der Waals surface area (Å²) in [7, 11) is -3.72. The first-order valence-electron chi connectivity index (χ1n) is 5.01. The topological polar surface area (TPSA) is 72.2 Å². The van der Waals surface area contributed by atoms with E-state index in [0.29, 0.717) is 5.56 Å². The van der Waals surface area contributed by atoms with Crippen molar-refractivity contribution < 1.29 is 8.42 Å². The molecular formula is C12H12N2O2S. The zero-order valence-electron chi connectivity index (χ0n) is 9.00. The molecular weight excluding hydrogens is 236 g/mol. The Balaban J connectivity index is 2.57. The Labute approximate surface area is 100 Å². The van der Waals surface area contributed by atoms with Gasteiger partial charge < -0.3 is 5.32 Å². The van der Waals surface area contributed by atoms with Gasteiger partial charge >= 0.3 is 0 Å². The fraction of sp³-hybridized carbons (Fsp3) is 0. The van der Waals surface area contributed by atoms with Crippen LogP contribution in [0.1, 0.15) is 5.56 Å². The van der Waals surface area contributed by atoms with E-state index >= 15 is 0 Å². The molecule has 0 spiro atoms. The van der Waals surface area contributed by atoms with Crippen LogP contribution in [0.4, 0.5) is 0 Å². The maximum absolute atomic E-state index is 11.5. The largest absolute Gasteiger partial charge is 0.367 e. The van der Waals surface area contributed by atoms with Crippen molar-refractivity contribution in [2.75, 3.05) is 0 Å². The predicted molar refractivity (Wildman–Crippen MR) is 67.2 cm³/mol. The van der Waals surface area contributed by atoms with Gasteiger partial charge in [-0.3, -0.25) is 0 Å². The molecule has 1 aliphatic rings. The zero-order valence-corrected chi connectivity index (χ0v) is 9.81. The van der Waals surface area contributed by atoms with E-state index in [2.05, 4.69) is 5.32 Å². The van der Waals surface area contributed by atoms with Crippen molar-refractivity contribution in [3.63, 3.8) is 0 Å². The highest BCUT2D eigenvalue weighted by atomic mass is 32.2. The summed E-state index contributed by atoms with van der Waals surface area (Å²) >= 11 is 0. The monoisotopic (exact) mass is 248 g/mol. The molecule has 0 radical (unpaired) electrons. The fourth-order valence-electron chi connectivity index (χ4n) is 1.58. The second-order valence-electron chi connectivity index (χ2n) is 3.53. The first-order chi connectivity index (χ1) is 8.09. The number of benzene rings is 1. The van der Waals surface area contributed by atoms with Crippen molar-refractivity contribution in [1.29, 1.82) is 0 Å². The number of nitrogens with two attached hydrogens (primary N) is 1. The third-order valence-corrected chi connectivity index (χ3v) is 3.29. The summed E-state index contributed by atoms with van der Waals surface area (Å²) in [4.78, 5) is 0.125. The highest BCUT2D eigenvalue weighted by Crippen LogP contribution is 2.23. The van der Waals surface area contributed by atoms with E-state index in [9.17, 15) is 8.42 Å². The molecule has 0 fully saturated rings. The van der Waals surface area contributed by atoms with Crippen molar-refractivity contribution >= 4 is 15.6 Å². The van der Waals surface area contributed by atoms with Crippen molar-refractivity contribution in [3.8, 4) is 0 Å². The normalized spacial score (nSPS) is 15.0. The van der Waals surface area contributed by atoms with Crippen LogP contribution in [0.5, 0.6) is 0 Å². The minimum Gasteiger partial charge on any atom is -0.367 e. The van der Waals surface area contributed by atoms with Crippen LogP contribution < -0.4 is 10.5 Å². The third-order valence-electron chi connectivity index (χ3n) is 2.32. The Morgan fingerprint density at radius 3 is 2.65 bits per heavy atom. The van der Waals surface area contributed by atoms with Gasteiger partial charge in [0.05, 0.1) is 4.90 Å². The summed E-state index contributed by atoms with van der Waals surface area (Å²) in [6, 6.07) is 6.65. The Bertz CT molecular complexity index is 613. The van der Waals surface area contributed by atoms with Crippen LogP contribution in [0.2, 0.25) is 0 Å². The lowest BCUT2D eigenvalue weighted by molar-refractivity contribution is 0.597. The quantitative estimate of drug-likeness (QED) is 0.829. The molecule has 0 amide bonds. The molecule has 5 heteroatoms. The van der Waals surface area contributed by atoms with E-state index in [1.165, 1.54) is 6.07 Å². The lowest BCUT2D eigenvalue weighted by Gasteiger charge is -2.08. The first kappa shape index (κ1) is 11.6. The molecule has 17 heavy (non-hydrogen) atoms. The van der Waals surface area contributed by atoms with Gasteiger partial charge in [0, 0.05) is 18.0 Å². The van der Waals surface area contributed by atoms with Gasteiger partial charge in [-0.2, -0.15) is 0 Å². The van der Waals surface area contributed by atoms with Crippen molar-refractivity contribution in [3.05, 3.63) is 60.5 Å². The molecule has 0 bridgehead atoms. The Hall–Kier alpha value is -1.85. The molecule has 4 nitrogen and oxygen atoms in total. The molecule has 0 saturated carbocycles. The SMILES string of the molecule is NS(=O)(=O)c1ccccc1C1=CNC=CC=C1. The van der Waals surface area contributed by atoms with Gasteiger partial charge in [0.2, 0.25) is 10.0 Å². The van der Waals surface area contributed by atoms with Gasteiger partial charge in [-0.15, -0.1) is 0 Å². The highest BCUT2D eigenvalue weighted by Gasteiger charge is 2.14. The molecule has 1 heterocycles. The molecule has 0 unspecified atom stereocenters. The molecule has 88 valence electrons. The third kappa shape index (κ3) is 2.64. The van der Waals surface area contributed by atoms with Crippen LogP contribution >= 0.6 is 0 Å². The Morgan fingerprint density at radius 2 is 1.88 bits per heavy atom. The summed E-state index contributed by atoms with van der Waals surface area (Å²) in [6.07, 6.45) is 8.95. The standard InChI is InChI=1S/C12H12N2O2S/c13-17(15,16)12-7-2-1-6-11(12)10-5-3-4-8-14-9-10/h1-9,14H,(H2,13,15,16). The van der Waals surface area contributed by atoms with Gasteiger partial charge in [0.1, 0.15) is 0 Å². The predicted octanol–water partition coefficient (Wildman–Crippen LogP) is 1.35. The number of hydrogen-bond acceptors (Lipinski definition) is 3. The first-order valence-corrected chi connectivity index (χ1v) is 6.55. The molecule has 1 aliphatic heterocycles. The smallest absolute Gasteiger partial charge is 0.238 e. The van der Waals surface area contributed by atoms with Gasteiger partial charge in [-0.25, -0.2) is 13.6 Å². The van der Waals surface area contributed by atoms with Gasteiger partial charge in [-0.05, 0) is 17.7 Å². The van der Waals surface area contributed by atoms with Gasteiger partial charge in [0.25, 0.3) is 0 Å². The second kappa shape index (κ2) is 4.57. The fourth-order valence-corrected chi connectivity index (χ4v) is 2.34. The average Bonchev–Trinajstić information content (AvgIpc) is 2.56. The van der Waals surface area contributed by atoms with E-state index in [1.54, 1.807) is 30.6 Å². The zero-order chi connectivity index (χ0) is 12.3. The molecule has 1 aromatic carbocycles. The van der Waals surface area contributed by atoms with E-state index in [0.717, 1.165) is 5.57 Å². The number of primary sulfonamides is 1. The molecule has 3 N–H and O–H groups in total. The van der Waals surface area contributed by atoms with Crippen molar-refractivity contribution in [2.24, 2.45) is 5.14 Å². The molecule has 1 aromatic rings. The van der Waals surface area contributed by atoms with Gasteiger partial charge in [0.15, 0.2) is 0 Å². The second-order valence-corrected chi connectivity index (χ2v) is 5.06. The van der Waals surface area contributed by atoms with Crippen LogP contribution in [0.3, 0.4) is 0 Å². The van der Waals surface area contributed by atoms with E-state index < -0.39 is 10.0 Å². The van der Waals surface area contributed by atoms with Gasteiger partial charge in [-0.1, -0.05) is 30.4 Å². The minimum absolute atomic E-state index is 0.125. The number of hydrogen-bond donors (Lipinski definition) is 2. The summed E-state index contributed by atoms with van der Waals surface area (Å²) in [6.45, 7) is 0. The molecule has 0 atom stereocenters. The molecule has 0 aromatic heterocycles. The lowest BCUT2D eigenvalue weighted by atomic mass is 10.1. The molecule has 2 rings (SSSR count). The Morgan fingerprint density at radius 1 is 1.12 bits per heavy atom. The molecule has 0 aliphatic carbocycles. The van der Waals surface area contributed by atoms with E-state index in [-0.39, 0.29) is 4.90 Å². The minimum atomic E-state index is -3.72. The number of allylic oxidation sites excluding steroid dienone is 4. The average molecular weight is 248 g/mol. The number of rotatable bonds is 2. The Kier molecular flexibility index (Phi) is 3.12. The lowest BCUT2D eigenvalue weighted by Crippen LogP contribution is -2.14. The highest BCUT2D eigenvalue weighted by molar-refractivity contribution is 7.89. The van der Waals surface area contributed by atoms with Crippen LogP contribution in [0.15, 0.2) is 59.8 Å². The number of nitrogens with one attached hydrogen (secondary N) is 1. The summed E-state index contributed by atoms with van der Waals surface area (Å²) < 4.78 is 22.9. The number of sulfonamides is 1. The van der Waals surface area contributed by atoms with Crippen LogP contribution in [-0.4, -0.2) is 8.42 Å². The van der Waals surface area contributed by atoms with Crippen LogP contribution in [-0.2, 0) is 10.0 Å². The van der Waals surface area contributed by atoms with E-state index in [4.69, 9.17) is 5.14 Å². The van der Waals surface area contributed by atoms with Crippen molar-refractivity contribution in [2.45, 2.75) is 4.90 Å². The summed E-state index contributed by atoms with van der Waals surface area (Å²) in [5.74, 6) is 0. The maximum atomic E-state index is 11.5. The van der Waals surface area contributed by atoms with E-state index in [1.807, 2.05) is 18.2 Å². The maximum Gasteiger partial charge on any atom is 0.238 e. The van der Waals surface area contributed by atoms with Crippen LogP contribution in [0, 0.1) is 0 Å². The summed E-state index contributed by atoms with van der Waals surface area (Å²) in [5, 5.41) is 8.12. The van der Waals surface area contributed by atoms with Crippen LogP contribution in [0.25, 0.3) is 5.57 Å².